The molecule has 1 heterocycles. The average molecular weight is 315 g/mol. The summed E-state index contributed by atoms with van der Waals surface area (Å²) in [5.41, 5.74) is -0.338. The molecule has 0 unspecified atom stereocenters. The molecular weight excluding hydrogens is 311 g/mol. The second-order valence-electron chi connectivity index (χ2n) is 3.62. The summed E-state index contributed by atoms with van der Waals surface area (Å²) in [6.45, 7) is 0. The zero-order chi connectivity index (χ0) is 15.6. The van der Waals surface area contributed by atoms with E-state index in [-0.39, 0.29) is 21.3 Å². The van der Waals surface area contributed by atoms with Crippen LogP contribution < -0.4 is 0 Å². The molecular formula is C10H4F3N5O2S. The molecule has 0 saturated carbocycles. The van der Waals surface area contributed by atoms with E-state index in [1.54, 1.807) is 11.2 Å². The molecule has 0 bridgehead atoms. The highest BCUT2D eigenvalue weighted by Crippen LogP contribution is 2.32. The minimum Gasteiger partial charge on any atom is -0.258 e. The van der Waals surface area contributed by atoms with E-state index in [0.717, 1.165) is 12.1 Å². The summed E-state index contributed by atoms with van der Waals surface area (Å²) in [5.74, 6) is -1.26. The molecule has 0 aliphatic heterocycles. The molecule has 0 spiro atoms. The Morgan fingerprint density at radius 3 is 2.67 bits per heavy atom. The fourth-order valence-corrected chi connectivity index (χ4v) is 2.10. The van der Waals surface area contributed by atoms with Crippen LogP contribution in [0.4, 0.5) is 18.9 Å². The number of hydrogen-bond acceptors (Lipinski definition) is 6. The zero-order valence-electron chi connectivity index (χ0n) is 9.88. The van der Waals surface area contributed by atoms with Gasteiger partial charge in [0.05, 0.1) is 10.5 Å². The predicted octanol–water partition coefficient (Wildman–Crippen LogP) is 2.75. The van der Waals surface area contributed by atoms with Crippen molar-refractivity contribution in [2.24, 2.45) is 0 Å². The lowest BCUT2D eigenvalue weighted by Gasteiger charge is -2.00. The number of nitriles is 1. The number of aromatic amines is 1. The molecule has 2 rings (SSSR count). The van der Waals surface area contributed by atoms with Crippen molar-refractivity contribution in [1.82, 2.24) is 15.2 Å². The third-order valence-electron chi connectivity index (χ3n) is 2.23. The molecule has 0 fully saturated rings. The Kier molecular flexibility index (Phi) is 3.81. The summed E-state index contributed by atoms with van der Waals surface area (Å²) in [6.07, 6.45) is -4.65. The van der Waals surface area contributed by atoms with E-state index in [0.29, 0.717) is 11.8 Å². The molecule has 1 aromatic carbocycles. The first-order chi connectivity index (χ1) is 9.81. The number of non-ortho nitro benzene ring substituents is 1. The maximum absolute atomic E-state index is 12.4. The number of benzene rings is 1. The topological polar surface area (TPSA) is 108 Å². The summed E-state index contributed by atoms with van der Waals surface area (Å²) < 4.78 is 37.1. The summed E-state index contributed by atoms with van der Waals surface area (Å²) in [5, 5.41) is 24.4. The SMILES string of the molecule is N#Cc1cc([N+](=O)[O-])ccc1Sc1n[nH]c(C(F)(F)F)n1. The molecule has 0 aliphatic carbocycles. The lowest BCUT2D eigenvalue weighted by molar-refractivity contribution is -0.384. The standard InChI is InChI=1S/C10H4F3N5O2S/c11-10(12,13)8-15-9(17-16-8)21-7-2-1-6(18(19)20)3-5(7)4-14/h1-3H,(H,15,16,17). The number of rotatable bonds is 3. The summed E-state index contributed by atoms with van der Waals surface area (Å²) >= 11 is 0.698. The molecule has 21 heavy (non-hydrogen) atoms. The van der Waals surface area contributed by atoms with Crippen LogP contribution in [0.15, 0.2) is 28.3 Å². The van der Waals surface area contributed by atoms with Crippen LogP contribution in [0, 0.1) is 21.4 Å². The molecule has 0 aliphatic rings. The largest absolute Gasteiger partial charge is 0.451 e. The number of hydrogen-bond donors (Lipinski definition) is 1. The van der Waals surface area contributed by atoms with Crippen LogP contribution in [0.2, 0.25) is 0 Å². The van der Waals surface area contributed by atoms with Crippen LogP contribution in [0.1, 0.15) is 11.4 Å². The third-order valence-corrected chi connectivity index (χ3v) is 3.17. The van der Waals surface area contributed by atoms with Crippen molar-refractivity contribution in [3.05, 3.63) is 39.7 Å². The Morgan fingerprint density at radius 1 is 1.43 bits per heavy atom. The highest BCUT2D eigenvalue weighted by Gasteiger charge is 2.35. The van der Waals surface area contributed by atoms with Gasteiger partial charge in [0.1, 0.15) is 6.07 Å². The number of alkyl halides is 3. The van der Waals surface area contributed by atoms with Crippen molar-refractivity contribution >= 4 is 17.4 Å². The van der Waals surface area contributed by atoms with Crippen LogP contribution in [-0.2, 0) is 6.18 Å². The number of nitrogens with zero attached hydrogens (tertiary/aromatic N) is 4. The van der Waals surface area contributed by atoms with E-state index >= 15 is 0 Å². The first-order valence-electron chi connectivity index (χ1n) is 5.17. The maximum atomic E-state index is 12.4. The molecule has 0 saturated heterocycles. The molecule has 0 atom stereocenters. The van der Waals surface area contributed by atoms with Gasteiger partial charge in [-0.15, -0.1) is 5.10 Å². The van der Waals surface area contributed by atoms with Crippen molar-refractivity contribution in [2.45, 2.75) is 16.2 Å². The van der Waals surface area contributed by atoms with Gasteiger partial charge in [0.2, 0.25) is 11.0 Å². The zero-order valence-corrected chi connectivity index (χ0v) is 10.7. The number of halogens is 3. The second-order valence-corrected chi connectivity index (χ2v) is 4.62. The van der Waals surface area contributed by atoms with Crippen molar-refractivity contribution in [3.63, 3.8) is 0 Å². The minimum absolute atomic E-state index is 0.0486. The Labute approximate surface area is 119 Å². The Balaban J connectivity index is 2.30. The van der Waals surface area contributed by atoms with Crippen LogP contribution >= 0.6 is 11.8 Å². The smallest absolute Gasteiger partial charge is 0.258 e. The predicted molar refractivity (Wildman–Crippen MR) is 63.3 cm³/mol. The van der Waals surface area contributed by atoms with Crippen molar-refractivity contribution in [2.75, 3.05) is 0 Å². The lowest BCUT2D eigenvalue weighted by Crippen LogP contribution is -2.07. The number of nitro groups is 1. The van der Waals surface area contributed by atoms with Gasteiger partial charge < -0.3 is 0 Å². The summed E-state index contributed by atoms with van der Waals surface area (Å²) in [7, 11) is 0. The van der Waals surface area contributed by atoms with Crippen molar-refractivity contribution in [1.29, 1.82) is 5.26 Å². The monoisotopic (exact) mass is 315 g/mol. The van der Waals surface area contributed by atoms with Crippen molar-refractivity contribution in [3.8, 4) is 6.07 Å². The van der Waals surface area contributed by atoms with E-state index in [4.69, 9.17) is 5.26 Å². The molecule has 7 nitrogen and oxygen atoms in total. The van der Waals surface area contributed by atoms with E-state index < -0.39 is 16.9 Å². The summed E-state index contributed by atoms with van der Waals surface area (Å²) in [6, 6.07) is 5.16. The highest BCUT2D eigenvalue weighted by atomic mass is 32.2. The van der Waals surface area contributed by atoms with Crippen LogP contribution in [0.25, 0.3) is 0 Å². The molecule has 11 heteroatoms. The van der Waals surface area contributed by atoms with Crippen LogP contribution in [-0.4, -0.2) is 20.1 Å². The lowest BCUT2D eigenvalue weighted by atomic mass is 10.2. The van der Waals surface area contributed by atoms with Gasteiger partial charge >= 0.3 is 6.18 Å². The molecule has 0 radical (unpaired) electrons. The van der Waals surface area contributed by atoms with Gasteiger partial charge in [-0.2, -0.15) is 23.4 Å². The van der Waals surface area contributed by atoms with Gasteiger partial charge in [-0.1, -0.05) is 0 Å². The van der Waals surface area contributed by atoms with E-state index in [1.807, 2.05) is 0 Å². The number of aromatic nitrogens is 3. The van der Waals surface area contributed by atoms with E-state index in [2.05, 4.69) is 10.1 Å². The first kappa shape index (κ1) is 14.8. The molecule has 1 N–H and O–H groups in total. The van der Waals surface area contributed by atoms with Crippen LogP contribution in [0.5, 0.6) is 0 Å². The van der Waals surface area contributed by atoms with Gasteiger partial charge in [0.25, 0.3) is 5.69 Å². The number of nitro benzene ring substituents is 1. The summed E-state index contributed by atoms with van der Waals surface area (Å²) in [4.78, 5) is 13.4. The number of H-pyrrole nitrogens is 1. The fraction of sp³-hybridized carbons (Fsp3) is 0.100. The van der Waals surface area contributed by atoms with Crippen molar-refractivity contribution < 1.29 is 18.1 Å². The fourth-order valence-electron chi connectivity index (χ4n) is 1.33. The molecule has 2 aromatic rings. The quantitative estimate of drug-likeness (QED) is 0.689. The van der Waals surface area contributed by atoms with Gasteiger partial charge in [0, 0.05) is 17.0 Å². The Morgan fingerprint density at radius 2 is 2.14 bits per heavy atom. The molecule has 0 amide bonds. The minimum atomic E-state index is -4.65. The third kappa shape index (κ3) is 3.29. The Hall–Kier alpha value is -2.61. The second kappa shape index (κ2) is 5.41. The van der Waals surface area contributed by atoms with Gasteiger partial charge in [-0.25, -0.2) is 0 Å². The van der Waals surface area contributed by atoms with Crippen LogP contribution in [0.3, 0.4) is 0 Å². The van der Waals surface area contributed by atoms with Gasteiger partial charge in [-0.05, 0) is 17.8 Å². The molecule has 1 aromatic heterocycles. The normalized spacial score (nSPS) is 11.1. The van der Waals surface area contributed by atoms with Gasteiger partial charge in [-0.3, -0.25) is 15.2 Å². The maximum Gasteiger partial charge on any atom is 0.451 e. The first-order valence-corrected chi connectivity index (χ1v) is 5.99. The van der Waals surface area contributed by atoms with E-state index in [9.17, 15) is 23.3 Å². The highest BCUT2D eigenvalue weighted by molar-refractivity contribution is 7.99. The Bertz CT molecular complexity index is 737. The molecule has 108 valence electrons. The average Bonchev–Trinajstić information content (AvgIpc) is 2.87. The number of nitrogens with one attached hydrogen (secondary N) is 1. The van der Waals surface area contributed by atoms with E-state index in [1.165, 1.54) is 6.07 Å². The van der Waals surface area contributed by atoms with Gasteiger partial charge in [0.15, 0.2) is 0 Å².